The molecular formula is C11H8O6. The normalized spacial score (nSPS) is 9.41. The number of esters is 1. The first-order valence-electron chi connectivity index (χ1n) is 4.41. The molecule has 0 aliphatic heterocycles. The minimum atomic E-state index is -1.49. The van der Waals surface area contributed by atoms with Crippen molar-refractivity contribution in [3.05, 3.63) is 42.0 Å². The van der Waals surface area contributed by atoms with Gasteiger partial charge in [-0.05, 0) is 12.1 Å². The fraction of sp³-hybridized carbons (Fsp3) is 0. The number of rotatable bonds is 4. The van der Waals surface area contributed by atoms with E-state index in [4.69, 9.17) is 10.2 Å². The average Bonchev–Trinajstić information content (AvgIpc) is 2.28. The monoisotopic (exact) mass is 236 g/mol. The van der Waals surface area contributed by atoms with Crippen LogP contribution in [0.5, 0.6) is 5.75 Å². The first-order chi connectivity index (χ1) is 7.97. The van der Waals surface area contributed by atoms with E-state index in [0.717, 1.165) is 12.1 Å². The molecule has 2 N–H and O–H groups in total. The van der Waals surface area contributed by atoms with Crippen molar-refractivity contribution in [2.24, 2.45) is 0 Å². The number of carbonyl (C=O) groups is 3. The molecule has 1 aromatic carbocycles. The highest BCUT2D eigenvalue weighted by molar-refractivity contribution is 6.04. The summed E-state index contributed by atoms with van der Waals surface area (Å²) in [6, 6.07) is 3.58. The standard InChI is InChI=1S/C11H8O6/c1-2-8(12)17-7-5-3-4-6(10(13)14)9(7)11(15)16/h2-5H,1H2,(H,13,14)(H,15,16). The van der Waals surface area contributed by atoms with E-state index in [0.29, 0.717) is 0 Å². The number of carboxylic acids is 2. The van der Waals surface area contributed by atoms with E-state index < -0.39 is 29.0 Å². The SMILES string of the molecule is C=CC(=O)Oc1cccc(C(=O)O)c1C(=O)O. The predicted molar refractivity (Wildman–Crippen MR) is 56.2 cm³/mol. The van der Waals surface area contributed by atoms with Gasteiger partial charge in [0.25, 0.3) is 0 Å². The van der Waals surface area contributed by atoms with E-state index >= 15 is 0 Å². The van der Waals surface area contributed by atoms with Crippen LogP contribution in [0.25, 0.3) is 0 Å². The molecule has 17 heavy (non-hydrogen) atoms. The number of hydrogen-bond acceptors (Lipinski definition) is 4. The van der Waals surface area contributed by atoms with E-state index in [1.807, 2.05) is 0 Å². The van der Waals surface area contributed by atoms with Gasteiger partial charge in [0.15, 0.2) is 0 Å². The summed E-state index contributed by atoms with van der Waals surface area (Å²) >= 11 is 0. The molecule has 0 unspecified atom stereocenters. The molecule has 88 valence electrons. The molecule has 6 nitrogen and oxygen atoms in total. The zero-order chi connectivity index (χ0) is 13.0. The van der Waals surface area contributed by atoms with E-state index in [9.17, 15) is 14.4 Å². The zero-order valence-electron chi connectivity index (χ0n) is 8.54. The van der Waals surface area contributed by atoms with Gasteiger partial charge in [0.2, 0.25) is 0 Å². The number of carboxylic acid groups (broad SMARTS) is 2. The summed E-state index contributed by atoms with van der Waals surface area (Å²) in [4.78, 5) is 32.7. The van der Waals surface area contributed by atoms with Gasteiger partial charge in [0, 0.05) is 6.08 Å². The Bertz CT molecular complexity index is 503. The van der Waals surface area contributed by atoms with Gasteiger partial charge in [0.1, 0.15) is 11.3 Å². The van der Waals surface area contributed by atoms with Gasteiger partial charge in [-0.25, -0.2) is 14.4 Å². The molecule has 0 aliphatic carbocycles. The number of ether oxygens (including phenoxy) is 1. The second-order valence-electron chi connectivity index (χ2n) is 2.91. The lowest BCUT2D eigenvalue weighted by atomic mass is 10.1. The van der Waals surface area contributed by atoms with Crippen molar-refractivity contribution in [3.63, 3.8) is 0 Å². The molecule has 0 radical (unpaired) electrons. The summed E-state index contributed by atoms with van der Waals surface area (Å²) in [5.74, 6) is -4.11. The highest BCUT2D eigenvalue weighted by Crippen LogP contribution is 2.23. The molecule has 0 aromatic heterocycles. The molecule has 0 spiro atoms. The quantitative estimate of drug-likeness (QED) is 0.462. The molecule has 1 aromatic rings. The molecule has 0 fully saturated rings. The molecule has 0 amide bonds. The Morgan fingerprint density at radius 1 is 1.18 bits per heavy atom. The first kappa shape index (κ1) is 12.4. The van der Waals surface area contributed by atoms with Crippen LogP contribution in [-0.4, -0.2) is 28.1 Å². The van der Waals surface area contributed by atoms with Gasteiger partial charge >= 0.3 is 17.9 Å². The predicted octanol–water partition coefficient (Wildman–Crippen LogP) is 1.17. The Morgan fingerprint density at radius 3 is 2.29 bits per heavy atom. The zero-order valence-corrected chi connectivity index (χ0v) is 8.54. The van der Waals surface area contributed by atoms with E-state index in [-0.39, 0.29) is 5.75 Å². The second kappa shape index (κ2) is 4.93. The van der Waals surface area contributed by atoms with Gasteiger partial charge in [-0.1, -0.05) is 12.6 Å². The van der Waals surface area contributed by atoms with Gasteiger partial charge in [-0.2, -0.15) is 0 Å². The van der Waals surface area contributed by atoms with Crippen LogP contribution in [-0.2, 0) is 4.79 Å². The molecular weight excluding hydrogens is 228 g/mol. The molecule has 6 heteroatoms. The summed E-state index contributed by atoms with van der Waals surface area (Å²) in [5, 5.41) is 17.7. The maximum Gasteiger partial charge on any atom is 0.340 e. The van der Waals surface area contributed by atoms with Gasteiger partial charge in [0.05, 0.1) is 5.56 Å². The summed E-state index contributed by atoms with van der Waals surface area (Å²) < 4.78 is 4.65. The molecule has 0 atom stereocenters. The maximum atomic E-state index is 11.0. The van der Waals surface area contributed by atoms with Crippen LogP contribution in [0.3, 0.4) is 0 Å². The van der Waals surface area contributed by atoms with Crippen molar-refractivity contribution in [1.29, 1.82) is 0 Å². The van der Waals surface area contributed by atoms with Crippen molar-refractivity contribution in [2.45, 2.75) is 0 Å². The Labute approximate surface area is 95.8 Å². The summed E-state index contributed by atoms with van der Waals surface area (Å²) in [7, 11) is 0. The minimum Gasteiger partial charge on any atom is -0.478 e. The van der Waals surface area contributed by atoms with Crippen molar-refractivity contribution in [2.75, 3.05) is 0 Å². The van der Waals surface area contributed by atoms with Crippen LogP contribution in [0.4, 0.5) is 0 Å². The average molecular weight is 236 g/mol. The van der Waals surface area contributed by atoms with Crippen molar-refractivity contribution < 1.29 is 29.3 Å². The van der Waals surface area contributed by atoms with E-state index in [1.165, 1.54) is 12.1 Å². The smallest absolute Gasteiger partial charge is 0.340 e. The molecule has 0 bridgehead atoms. The maximum absolute atomic E-state index is 11.0. The number of benzene rings is 1. The molecule has 0 aliphatic rings. The van der Waals surface area contributed by atoms with Gasteiger partial charge in [-0.3, -0.25) is 0 Å². The third kappa shape index (κ3) is 2.69. The topological polar surface area (TPSA) is 101 Å². The van der Waals surface area contributed by atoms with Crippen LogP contribution >= 0.6 is 0 Å². The number of hydrogen-bond donors (Lipinski definition) is 2. The van der Waals surface area contributed by atoms with Crippen molar-refractivity contribution in [3.8, 4) is 5.75 Å². The third-order valence-electron chi connectivity index (χ3n) is 1.85. The Kier molecular flexibility index (Phi) is 3.61. The fourth-order valence-corrected chi connectivity index (χ4v) is 1.17. The second-order valence-corrected chi connectivity index (χ2v) is 2.91. The van der Waals surface area contributed by atoms with Gasteiger partial charge in [-0.15, -0.1) is 0 Å². The lowest BCUT2D eigenvalue weighted by Gasteiger charge is -2.07. The van der Waals surface area contributed by atoms with Crippen LogP contribution in [0, 0.1) is 0 Å². The van der Waals surface area contributed by atoms with Crippen molar-refractivity contribution in [1.82, 2.24) is 0 Å². The Hall–Kier alpha value is -2.63. The van der Waals surface area contributed by atoms with E-state index in [1.54, 1.807) is 0 Å². The first-order valence-corrected chi connectivity index (χ1v) is 4.41. The lowest BCUT2D eigenvalue weighted by Crippen LogP contribution is -2.13. The molecule has 1 rings (SSSR count). The van der Waals surface area contributed by atoms with Crippen molar-refractivity contribution >= 4 is 17.9 Å². The Balaban J connectivity index is 3.34. The molecule has 0 heterocycles. The van der Waals surface area contributed by atoms with Crippen LogP contribution in [0.1, 0.15) is 20.7 Å². The molecule has 0 saturated heterocycles. The van der Waals surface area contributed by atoms with E-state index in [2.05, 4.69) is 11.3 Å². The molecule has 0 saturated carbocycles. The number of carbonyl (C=O) groups excluding carboxylic acids is 1. The largest absolute Gasteiger partial charge is 0.478 e. The van der Waals surface area contributed by atoms with Crippen LogP contribution in [0.2, 0.25) is 0 Å². The highest BCUT2D eigenvalue weighted by Gasteiger charge is 2.21. The van der Waals surface area contributed by atoms with Gasteiger partial charge < -0.3 is 14.9 Å². The summed E-state index contributed by atoms with van der Waals surface area (Å²) in [5.41, 5.74) is -1.03. The highest BCUT2D eigenvalue weighted by atomic mass is 16.5. The van der Waals surface area contributed by atoms with Crippen LogP contribution < -0.4 is 4.74 Å². The Morgan fingerprint density at radius 2 is 1.82 bits per heavy atom. The summed E-state index contributed by atoms with van der Waals surface area (Å²) in [6.07, 6.45) is 0.846. The summed E-state index contributed by atoms with van der Waals surface area (Å²) in [6.45, 7) is 3.15. The fourth-order valence-electron chi connectivity index (χ4n) is 1.17. The lowest BCUT2D eigenvalue weighted by molar-refractivity contribution is -0.128. The van der Waals surface area contributed by atoms with Crippen LogP contribution in [0.15, 0.2) is 30.9 Å². The number of aromatic carboxylic acids is 2. The third-order valence-corrected chi connectivity index (χ3v) is 1.85. The minimum absolute atomic E-state index is 0.331.